The highest BCUT2D eigenvalue weighted by Gasteiger charge is 2.10. The average Bonchev–Trinajstić information content (AvgIpc) is 2.38. The Kier molecular flexibility index (Phi) is 4.27. The molecule has 0 aromatic heterocycles. The molecule has 0 unspecified atom stereocenters. The van der Waals surface area contributed by atoms with Crippen LogP contribution in [0.25, 0.3) is 0 Å². The van der Waals surface area contributed by atoms with Crippen molar-refractivity contribution >= 4 is 39.1 Å². The Hall–Kier alpha value is -1.32. The first-order valence-corrected chi connectivity index (χ1v) is 6.99. The Morgan fingerprint density at radius 1 is 1.16 bits per heavy atom. The normalized spacial score (nSPS) is 10.3. The van der Waals surface area contributed by atoms with Crippen LogP contribution in [0.2, 0.25) is 5.02 Å². The van der Waals surface area contributed by atoms with E-state index < -0.39 is 0 Å². The number of hydrogen-bond acceptors (Lipinski definition) is 1. The Labute approximate surface area is 125 Å². The zero-order valence-corrected chi connectivity index (χ0v) is 13.0. The molecule has 0 atom stereocenters. The number of nitrogens with one attached hydrogen (secondary N) is 1. The van der Waals surface area contributed by atoms with Crippen LogP contribution in [0.15, 0.2) is 40.9 Å². The van der Waals surface area contributed by atoms with Gasteiger partial charge >= 0.3 is 0 Å². The van der Waals surface area contributed by atoms with E-state index in [9.17, 15) is 4.79 Å². The number of halogens is 2. The summed E-state index contributed by atoms with van der Waals surface area (Å²) in [5, 5.41) is 3.41. The van der Waals surface area contributed by atoms with Crippen LogP contribution in [-0.4, -0.2) is 5.91 Å². The fourth-order valence-electron chi connectivity index (χ4n) is 1.68. The fraction of sp³-hybridized carbons (Fsp3) is 0.133. The van der Waals surface area contributed by atoms with Crippen molar-refractivity contribution in [3.63, 3.8) is 0 Å². The molecule has 2 aromatic carbocycles. The Bertz CT molecular complexity index is 640. The standard InChI is InChI=1S/C15H13BrClNO/c1-9-6-7-11(8-10(9)2)15(19)18-13-5-3-4-12(17)14(13)16/h3-8H,1-2H3,(H,18,19). The van der Waals surface area contributed by atoms with Crippen molar-refractivity contribution in [3.8, 4) is 0 Å². The maximum absolute atomic E-state index is 12.2. The molecule has 19 heavy (non-hydrogen) atoms. The molecular weight excluding hydrogens is 326 g/mol. The molecule has 2 nitrogen and oxygen atoms in total. The third-order valence-electron chi connectivity index (χ3n) is 2.97. The topological polar surface area (TPSA) is 29.1 Å². The largest absolute Gasteiger partial charge is 0.321 e. The first-order valence-electron chi connectivity index (χ1n) is 5.81. The SMILES string of the molecule is Cc1ccc(C(=O)Nc2cccc(Cl)c2Br)cc1C. The van der Waals surface area contributed by atoms with E-state index in [1.165, 1.54) is 5.56 Å². The number of amides is 1. The zero-order valence-electron chi connectivity index (χ0n) is 10.6. The summed E-state index contributed by atoms with van der Waals surface area (Å²) in [7, 11) is 0. The molecule has 0 spiro atoms. The van der Waals surface area contributed by atoms with Crippen LogP contribution < -0.4 is 5.32 Å². The molecule has 98 valence electrons. The highest BCUT2D eigenvalue weighted by molar-refractivity contribution is 9.10. The molecule has 0 radical (unpaired) electrons. The average molecular weight is 339 g/mol. The summed E-state index contributed by atoms with van der Waals surface area (Å²) in [6, 6.07) is 11.0. The monoisotopic (exact) mass is 337 g/mol. The van der Waals surface area contributed by atoms with Crippen molar-refractivity contribution in [2.75, 3.05) is 5.32 Å². The maximum Gasteiger partial charge on any atom is 0.255 e. The van der Waals surface area contributed by atoms with E-state index in [4.69, 9.17) is 11.6 Å². The van der Waals surface area contributed by atoms with Crippen molar-refractivity contribution in [1.82, 2.24) is 0 Å². The highest BCUT2D eigenvalue weighted by atomic mass is 79.9. The summed E-state index contributed by atoms with van der Waals surface area (Å²) in [6.07, 6.45) is 0. The lowest BCUT2D eigenvalue weighted by Gasteiger charge is -2.09. The molecule has 0 aliphatic carbocycles. The summed E-state index contributed by atoms with van der Waals surface area (Å²) in [4.78, 5) is 12.2. The fourth-order valence-corrected chi connectivity index (χ4v) is 2.22. The molecule has 0 saturated carbocycles. The summed E-state index contributed by atoms with van der Waals surface area (Å²) in [5.41, 5.74) is 3.56. The minimum atomic E-state index is -0.147. The Morgan fingerprint density at radius 2 is 1.89 bits per heavy atom. The number of rotatable bonds is 2. The van der Waals surface area contributed by atoms with Crippen molar-refractivity contribution in [1.29, 1.82) is 0 Å². The predicted octanol–water partition coefficient (Wildman–Crippen LogP) is 4.97. The van der Waals surface area contributed by atoms with Gasteiger partial charge in [-0.3, -0.25) is 4.79 Å². The first kappa shape index (κ1) is 14.1. The van der Waals surface area contributed by atoms with E-state index >= 15 is 0 Å². The number of benzene rings is 2. The van der Waals surface area contributed by atoms with E-state index in [-0.39, 0.29) is 5.91 Å². The van der Waals surface area contributed by atoms with Crippen LogP contribution in [-0.2, 0) is 0 Å². The first-order chi connectivity index (χ1) is 8.99. The minimum Gasteiger partial charge on any atom is -0.321 e. The van der Waals surface area contributed by atoms with Gasteiger partial charge in [-0.15, -0.1) is 0 Å². The highest BCUT2D eigenvalue weighted by Crippen LogP contribution is 2.30. The van der Waals surface area contributed by atoms with Crippen LogP contribution in [0, 0.1) is 13.8 Å². The van der Waals surface area contributed by atoms with Crippen LogP contribution in [0.4, 0.5) is 5.69 Å². The third-order valence-corrected chi connectivity index (χ3v) is 4.37. The van der Waals surface area contributed by atoms with Crippen molar-refractivity contribution < 1.29 is 4.79 Å². The second-order valence-corrected chi connectivity index (χ2v) is 5.55. The van der Waals surface area contributed by atoms with Gasteiger partial charge in [-0.05, 0) is 65.2 Å². The molecule has 1 amide bonds. The molecule has 0 aliphatic heterocycles. The van der Waals surface area contributed by atoms with Gasteiger partial charge in [0.05, 0.1) is 15.2 Å². The van der Waals surface area contributed by atoms with Crippen LogP contribution >= 0.6 is 27.5 Å². The van der Waals surface area contributed by atoms with Gasteiger partial charge in [0.25, 0.3) is 5.91 Å². The summed E-state index contributed by atoms with van der Waals surface area (Å²) < 4.78 is 0.689. The maximum atomic E-state index is 12.2. The third kappa shape index (κ3) is 3.17. The second-order valence-electron chi connectivity index (χ2n) is 4.35. The number of aryl methyl sites for hydroxylation is 2. The van der Waals surface area contributed by atoms with Gasteiger partial charge in [0.1, 0.15) is 0 Å². The Morgan fingerprint density at radius 3 is 2.58 bits per heavy atom. The summed E-state index contributed by atoms with van der Waals surface area (Å²) in [5.74, 6) is -0.147. The van der Waals surface area contributed by atoms with Gasteiger partial charge in [-0.2, -0.15) is 0 Å². The van der Waals surface area contributed by atoms with Gasteiger partial charge in [0, 0.05) is 5.56 Å². The van der Waals surface area contributed by atoms with E-state index in [2.05, 4.69) is 21.2 Å². The van der Waals surface area contributed by atoms with Gasteiger partial charge in [0.15, 0.2) is 0 Å². The minimum absolute atomic E-state index is 0.147. The van der Waals surface area contributed by atoms with Crippen molar-refractivity contribution in [2.24, 2.45) is 0 Å². The number of anilines is 1. The van der Waals surface area contributed by atoms with E-state index in [0.717, 1.165) is 5.56 Å². The second kappa shape index (κ2) is 5.76. The van der Waals surface area contributed by atoms with E-state index in [1.54, 1.807) is 18.2 Å². The molecule has 0 saturated heterocycles. The molecule has 2 aromatic rings. The van der Waals surface area contributed by atoms with Crippen LogP contribution in [0.1, 0.15) is 21.5 Å². The van der Waals surface area contributed by atoms with Gasteiger partial charge in [-0.25, -0.2) is 0 Å². The van der Waals surface area contributed by atoms with Gasteiger partial charge < -0.3 is 5.32 Å². The van der Waals surface area contributed by atoms with E-state index in [0.29, 0.717) is 20.7 Å². The van der Waals surface area contributed by atoms with E-state index in [1.807, 2.05) is 32.0 Å². The molecule has 0 fully saturated rings. The molecule has 0 heterocycles. The molecule has 4 heteroatoms. The lowest BCUT2D eigenvalue weighted by molar-refractivity contribution is 0.102. The predicted molar refractivity (Wildman–Crippen MR) is 83.0 cm³/mol. The van der Waals surface area contributed by atoms with Crippen LogP contribution in [0.5, 0.6) is 0 Å². The molecular formula is C15H13BrClNO. The lowest BCUT2D eigenvalue weighted by atomic mass is 10.1. The van der Waals surface area contributed by atoms with Gasteiger partial charge in [-0.1, -0.05) is 23.7 Å². The lowest BCUT2D eigenvalue weighted by Crippen LogP contribution is -2.12. The molecule has 1 N–H and O–H groups in total. The quantitative estimate of drug-likeness (QED) is 0.823. The number of hydrogen-bond donors (Lipinski definition) is 1. The smallest absolute Gasteiger partial charge is 0.255 e. The van der Waals surface area contributed by atoms with Crippen molar-refractivity contribution in [3.05, 3.63) is 62.6 Å². The molecule has 0 aliphatic rings. The molecule has 2 rings (SSSR count). The Balaban J connectivity index is 2.26. The molecule has 0 bridgehead atoms. The zero-order chi connectivity index (χ0) is 14.0. The summed E-state index contributed by atoms with van der Waals surface area (Å²) in [6.45, 7) is 4.01. The van der Waals surface area contributed by atoms with Crippen molar-refractivity contribution in [2.45, 2.75) is 13.8 Å². The van der Waals surface area contributed by atoms with Gasteiger partial charge in [0.2, 0.25) is 0 Å². The number of carbonyl (C=O) groups is 1. The number of carbonyl (C=O) groups excluding carboxylic acids is 1. The van der Waals surface area contributed by atoms with Crippen LogP contribution in [0.3, 0.4) is 0 Å². The summed E-state index contributed by atoms with van der Waals surface area (Å²) >= 11 is 9.35.